The Labute approximate surface area is 191 Å². The second-order valence-corrected chi connectivity index (χ2v) is 9.87. The van der Waals surface area contributed by atoms with Gasteiger partial charge in [0.2, 0.25) is 0 Å². The van der Waals surface area contributed by atoms with Gasteiger partial charge in [0.1, 0.15) is 0 Å². The average Bonchev–Trinajstić information content (AvgIpc) is 3.47. The first-order chi connectivity index (χ1) is 15.1. The van der Waals surface area contributed by atoms with E-state index in [-0.39, 0.29) is 5.41 Å². The lowest BCUT2D eigenvalue weighted by atomic mass is 9.73. The van der Waals surface area contributed by atoms with E-state index in [9.17, 15) is 5.26 Å². The van der Waals surface area contributed by atoms with Crippen LogP contribution in [0.1, 0.15) is 50.0 Å². The van der Waals surface area contributed by atoms with E-state index in [2.05, 4.69) is 83.6 Å². The van der Waals surface area contributed by atoms with E-state index in [1.807, 2.05) is 0 Å². The number of benzene rings is 1. The van der Waals surface area contributed by atoms with Crippen LogP contribution in [0.2, 0.25) is 0 Å². The second kappa shape index (κ2) is 11.4. The molecule has 0 saturated carbocycles. The molecule has 1 aliphatic heterocycles. The Hall–Kier alpha value is -2.18. The van der Waals surface area contributed by atoms with Crippen LogP contribution < -0.4 is 0 Å². The van der Waals surface area contributed by atoms with Gasteiger partial charge in [0.05, 0.1) is 17.6 Å². The molecule has 1 saturated heterocycles. The molecule has 2 unspecified atom stereocenters. The highest BCUT2D eigenvalue weighted by atomic mass is 32.1. The maximum absolute atomic E-state index is 10.1. The number of nitrogens with zero attached hydrogens (tertiary/aromatic N) is 4. The fourth-order valence-corrected chi connectivity index (χ4v) is 5.82. The van der Waals surface area contributed by atoms with Crippen molar-refractivity contribution in [3.8, 4) is 12.1 Å². The molecule has 31 heavy (non-hydrogen) atoms. The van der Waals surface area contributed by atoms with E-state index in [1.165, 1.54) is 10.4 Å². The highest BCUT2D eigenvalue weighted by molar-refractivity contribution is 7.10. The van der Waals surface area contributed by atoms with Crippen LogP contribution in [0.4, 0.5) is 0 Å². The third-order valence-electron chi connectivity index (χ3n) is 6.69. The third kappa shape index (κ3) is 5.95. The molecular weight excluding hydrogens is 400 g/mol. The van der Waals surface area contributed by atoms with E-state index in [4.69, 9.17) is 5.26 Å². The third-order valence-corrected chi connectivity index (χ3v) is 7.74. The lowest BCUT2D eigenvalue weighted by Gasteiger charge is -2.31. The highest BCUT2D eigenvalue weighted by Gasteiger charge is 2.37. The van der Waals surface area contributed by atoms with Crippen LogP contribution in [0.15, 0.2) is 47.8 Å². The Bertz CT molecular complexity index is 865. The zero-order valence-corrected chi connectivity index (χ0v) is 19.7. The average molecular weight is 435 g/mol. The van der Waals surface area contributed by atoms with Crippen LogP contribution >= 0.6 is 11.3 Å². The number of rotatable bonds is 11. The number of nitriles is 2. The van der Waals surface area contributed by atoms with Crippen LogP contribution in [0.3, 0.4) is 0 Å². The van der Waals surface area contributed by atoms with Crippen LogP contribution in [0.5, 0.6) is 0 Å². The van der Waals surface area contributed by atoms with Crippen molar-refractivity contribution in [3.05, 3.63) is 58.3 Å². The Balaban J connectivity index is 1.56. The van der Waals surface area contributed by atoms with Gasteiger partial charge in [-0.1, -0.05) is 50.2 Å². The lowest BCUT2D eigenvalue weighted by Crippen LogP contribution is -2.38. The van der Waals surface area contributed by atoms with Crippen molar-refractivity contribution in [1.82, 2.24) is 9.80 Å². The summed E-state index contributed by atoms with van der Waals surface area (Å²) < 4.78 is 0. The summed E-state index contributed by atoms with van der Waals surface area (Å²) in [5.74, 6) is 0.301. The fraction of sp³-hybridized carbons (Fsp3) is 0.538. The van der Waals surface area contributed by atoms with Gasteiger partial charge in [0, 0.05) is 37.0 Å². The molecule has 1 aromatic carbocycles. The van der Waals surface area contributed by atoms with Crippen molar-refractivity contribution in [3.63, 3.8) is 0 Å². The number of hydrogen-bond acceptors (Lipinski definition) is 5. The molecule has 0 radical (unpaired) electrons. The molecule has 1 fully saturated rings. The van der Waals surface area contributed by atoms with Gasteiger partial charge < -0.3 is 4.90 Å². The van der Waals surface area contributed by atoms with Gasteiger partial charge >= 0.3 is 0 Å². The van der Waals surface area contributed by atoms with Gasteiger partial charge in [-0.2, -0.15) is 10.5 Å². The summed E-state index contributed by atoms with van der Waals surface area (Å²) in [5.41, 5.74) is 0.935. The molecule has 5 heteroatoms. The maximum Gasteiger partial charge on any atom is 0.0937 e. The molecule has 0 spiro atoms. The van der Waals surface area contributed by atoms with E-state index in [0.29, 0.717) is 18.4 Å². The molecule has 0 aliphatic carbocycles. The molecule has 0 bridgehead atoms. The maximum atomic E-state index is 10.1. The molecule has 0 amide bonds. The van der Waals surface area contributed by atoms with Gasteiger partial charge in [0.15, 0.2) is 0 Å². The molecular formula is C26H34N4S. The predicted molar refractivity (Wildman–Crippen MR) is 128 cm³/mol. The minimum atomic E-state index is -0.376. The summed E-state index contributed by atoms with van der Waals surface area (Å²) in [6.45, 7) is 9.27. The predicted octanol–water partition coefficient (Wildman–Crippen LogP) is 5.44. The summed E-state index contributed by atoms with van der Waals surface area (Å²) in [7, 11) is 0. The normalized spacial score (nSPS) is 18.7. The molecule has 2 heterocycles. The van der Waals surface area contributed by atoms with Gasteiger partial charge in [-0.05, 0) is 55.3 Å². The first-order valence-electron chi connectivity index (χ1n) is 11.4. The second-order valence-electron chi connectivity index (χ2n) is 8.93. The minimum absolute atomic E-state index is 0.301. The van der Waals surface area contributed by atoms with Crippen LogP contribution in [0.25, 0.3) is 0 Å². The first kappa shape index (κ1) is 23.5. The Morgan fingerprint density at radius 3 is 2.65 bits per heavy atom. The van der Waals surface area contributed by atoms with Crippen molar-refractivity contribution in [2.45, 2.75) is 57.5 Å². The monoisotopic (exact) mass is 434 g/mol. The molecule has 164 valence electrons. The summed E-state index contributed by atoms with van der Waals surface area (Å²) in [5, 5.41) is 21.2. The smallest absolute Gasteiger partial charge is 0.0937 e. The molecule has 3 rings (SSSR count). The summed E-state index contributed by atoms with van der Waals surface area (Å²) in [6, 6.07) is 20.2. The quantitative estimate of drug-likeness (QED) is 0.473. The molecule has 0 N–H and O–H groups in total. The zero-order valence-electron chi connectivity index (χ0n) is 18.8. The minimum Gasteiger partial charge on any atom is -0.302 e. The van der Waals surface area contributed by atoms with Gasteiger partial charge in [-0.25, -0.2) is 0 Å². The van der Waals surface area contributed by atoms with Crippen LogP contribution in [-0.4, -0.2) is 42.0 Å². The Kier molecular flexibility index (Phi) is 8.67. The van der Waals surface area contributed by atoms with Crippen molar-refractivity contribution >= 4 is 11.3 Å². The summed E-state index contributed by atoms with van der Waals surface area (Å²) >= 11 is 1.71. The molecule has 4 nitrogen and oxygen atoms in total. The molecule has 2 atom stereocenters. The van der Waals surface area contributed by atoms with Gasteiger partial charge in [0.25, 0.3) is 0 Å². The van der Waals surface area contributed by atoms with Gasteiger partial charge in [-0.3, -0.25) is 4.90 Å². The van der Waals surface area contributed by atoms with Crippen LogP contribution in [0, 0.1) is 28.6 Å². The fourth-order valence-electron chi connectivity index (χ4n) is 4.77. The molecule has 2 aromatic rings. The van der Waals surface area contributed by atoms with E-state index >= 15 is 0 Å². The van der Waals surface area contributed by atoms with E-state index in [0.717, 1.165) is 52.0 Å². The van der Waals surface area contributed by atoms with Crippen molar-refractivity contribution in [2.75, 3.05) is 26.2 Å². The Morgan fingerprint density at radius 1 is 1.19 bits per heavy atom. The van der Waals surface area contributed by atoms with Crippen molar-refractivity contribution in [1.29, 1.82) is 10.5 Å². The standard InChI is InChI=1S/C26H34N4S/c1-22(2)26(21-28,25-11-6-18-31-25)13-7-15-29-17-12-24(20-29)30(16-8-14-27)19-23-9-4-3-5-10-23/h3-6,9-11,18,22,24H,7-8,12-13,15-17,19-20H2,1-2H3. The highest BCUT2D eigenvalue weighted by Crippen LogP contribution is 2.39. The molecule has 1 aromatic heterocycles. The van der Waals surface area contributed by atoms with Crippen molar-refractivity contribution < 1.29 is 0 Å². The van der Waals surface area contributed by atoms with Gasteiger partial charge in [-0.15, -0.1) is 11.3 Å². The van der Waals surface area contributed by atoms with E-state index < -0.39 is 0 Å². The SMILES string of the molecule is CC(C)C(C#N)(CCCN1CCC(N(CCC#N)Cc2ccccc2)C1)c1cccs1. The largest absolute Gasteiger partial charge is 0.302 e. The van der Waals surface area contributed by atoms with E-state index in [1.54, 1.807) is 11.3 Å². The number of likely N-dealkylation sites (tertiary alicyclic amines) is 1. The van der Waals surface area contributed by atoms with Crippen molar-refractivity contribution in [2.24, 2.45) is 5.92 Å². The van der Waals surface area contributed by atoms with Crippen LogP contribution in [-0.2, 0) is 12.0 Å². The number of thiophene rings is 1. The molecule has 1 aliphatic rings. The Morgan fingerprint density at radius 2 is 2.00 bits per heavy atom. The number of hydrogen-bond donors (Lipinski definition) is 0. The topological polar surface area (TPSA) is 54.1 Å². The summed E-state index contributed by atoms with van der Waals surface area (Å²) in [6.07, 6.45) is 3.66. The summed E-state index contributed by atoms with van der Waals surface area (Å²) in [4.78, 5) is 6.24. The lowest BCUT2D eigenvalue weighted by molar-refractivity contribution is 0.186. The first-order valence-corrected chi connectivity index (χ1v) is 12.3. The zero-order chi connectivity index (χ0) is 22.1.